The summed E-state index contributed by atoms with van der Waals surface area (Å²) in [5.74, 6) is 0. The Bertz CT molecular complexity index is 422. The molecular formula is C18H28N2O. The van der Waals surface area contributed by atoms with Crippen LogP contribution in [0.4, 0.5) is 0 Å². The Morgan fingerprint density at radius 2 is 1.90 bits per heavy atom. The summed E-state index contributed by atoms with van der Waals surface area (Å²) < 4.78 is 5.66. The molecule has 0 bridgehead atoms. The summed E-state index contributed by atoms with van der Waals surface area (Å²) in [6.45, 7) is 6.28. The van der Waals surface area contributed by atoms with Crippen LogP contribution < -0.4 is 10.6 Å². The number of rotatable bonds is 6. The Hall–Kier alpha value is -0.900. The van der Waals surface area contributed by atoms with Crippen LogP contribution in [-0.2, 0) is 10.2 Å². The van der Waals surface area contributed by atoms with Gasteiger partial charge in [-0.15, -0.1) is 0 Å². The van der Waals surface area contributed by atoms with E-state index in [0.29, 0.717) is 17.6 Å². The zero-order chi connectivity index (χ0) is 14.5. The Morgan fingerprint density at radius 3 is 2.57 bits per heavy atom. The van der Waals surface area contributed by atoms with Crippen LogP contribution in [0, 0.1) is 0 Å². The molecular weight excluding hydrogens is 260 g/mol. The molecule has 3 heteroatoms. The van der Waals surface area contributed by atoms with Crippen molar-refractivity contribution >= 4 is 0 Å². The summed E-state index contributed by atoms with van der Waals surface area (Å²) in [6.07, 6.45) is 5.30. The van der Waals surface area contributed by atoms with Crippen molar-refractivity contribution < 1.29 is 4.74 Å². The molecule has 0 unspecified atom stereocenters. The molecule has 1 heterocycles. The van der Waals surface area contributed by atoms with Crippen LogP contribution in [0.25, 0.3) is 0 Å². The van der Waals surface area contributed by atoms with Gasteiger partial charge in [-0.1, -0.05) is 30.3 Å². The topological polar surface area (TPSA) is 33.3 Å². The van der Waals surface area contributed by atoms with Gasteiger partial charge in [0.15, 0.2) is 0 Å². The van der Waals surface area contributed by atoms with Crippen LogP contribution in [-0.4, -0.2) is 38.4 Å². The third-order valence-corrected chi connectivity index (χ3v) is 5.17. The first-order valence-electron chi connectivity index (χ1n) is 8.44. The van der Waals surface area contributed by atoms with Gasteiger partial charge in [0.2, 0.25) is 0 Å². The van der Waals surface area contributed by atoms with Crippen molar-refractivity contribution in [2.24, 2.45) is 0 Å². The monoisotopic (exact) mass is 288 g/mol. The molecule has 1 saturated heterocycles. The smallest absolute Gasteiger partial charge is 0.0604 e. The lowest BCUT2D eigenvalue weighted by atomic mass is 9.72. The van der Waals surface area contributed by atoms with Crippen LogP contribution >= 0.6 is 0 Å². The van der Waals surface area contributed by atoms with Crippen LogP contribution in [0.2, 0.25) is 0 Å². The molecule has 2 fully saturated rings. The fourth-order valence-electron chi connectivity index (χ4n) is 3.71. The number of piperidine rings is 1. The highest BCUT2D eigenvalue weighted by Crippen LogP contribution is 2.34. The molecule has 116 valence electrons. The molecule has 0 aromatic heterocycles. The summed E-state index contributed by atoms with van der Waals surface area (Å²) in [5.41, 5.74) is 1.81. The molecule has 3 nitrogen and oxygen atoms in total. The number of ether oxygens (including phenoxy) is 1. The average Bonchev–Trinajstić information content (AvgIpc) is 2.51. The molecule has 0 atom stereocenters. The second-order valence-corrected chi connectivity index (χ2v) is 6.52. The highest BCUT2D eigenvalue weighted by molar-refractivity contribution is 5.27. The van der Waals surface area contributed by atoms with E-state index in [1.165, 1.54) is 31.2 Å². The van der Waals surface area contributed by atoms with Gasteiger partial charge in [-0.2, -0.15) is 0 Å². The van der Waals surface area contributed by atoms with Crippen molar-refractivity contribution in [2.45, 2.75) is 50.2 Å². The van der Waals surface area contributed by atoms with Crippen LogP contribution in [0.15, 0.2) is 30.3 Å². The summed E-state index contributed by atoms with van der Waals surface area (Å²) in [5, 5.41) is 7.31. The second-order valence-electron chi connectivity index (χ2n) is 6.52. The molecule has 0 spiro atoms. The van der Waals surface area contributed by atoms with Crippen molar-refractivity contribution in [1.82, 2.24) is 10.6 Å². The quantitative estimate of drug-likeness (QED) is 0.843. The molecule has 1 aliphatic carbocycles. The zero-order valence-corrected chi connectivity index (χ0v) is 13.1. The normalized spacial score (nSPS) is 28.0. The lowest BCUT2D eigenvalue weighted by molar-refractivity contribution is -0.0114. The van der Waals surface area contributed by atoms with Gasteiger partial charge in [0.1, 0.15) is 0 Å². The van der Waals surface area contributed by atoms with E-state index >= 15 is 0 Å². The third-order valence-electron chi connectivity index (χ3n) is 5.17. The number of nitrogens with one attached hydrogen (secondary N) is 2. The minimum atomic E-state index is 0.309. The van der Waals surface area contributed by atoms with Gasteiger partial charge in [0, 0.05) is 24.6 Å². The van der Waals surface area contributed by atoms with Gasteiger partial charge in [0.25, 0.3) is 0 Å². The predicted octanol–water partition coefficient (Wildman–Crippen LogP) is 2.46. The first kappa shape index (κ1) is 15.0. The molecule has 21 heavy (non-hydrogen) atoms. The molecule has 2 N–H and O–H groups in total. The van der Waals surface area contributed by atoms with E-state index in [9.17, 15) is 0 Å². The van der Waals surface area contributed by atoms with Crippen LogP contribution in [0.5, 0.6) is 0 Å². The first-order chi connectivity index (χ1) is 10.3. The summed E-state index contributed by atoms with van der Waals surface area (Å²) in [4.78, 5) is 0. The summed E-state index contributed by atoms with van der Waals surface area (Å²) >= 11 is 0. The van der Waals surface area contributed by atoms with Gasteiger partial charge >= 0.3 is 0 Å². The molecule has 0 amide bonds. The lowest BCUT2D eigenvalue weighted by Gasteiger charge is -2.42. The van der Waals surface area contributed by atoms with Gasteiger partial charge in [0.05, 0.1) is 6.10 Å². The van der Waals surface area contributed by atoms with E-state index < -0.39 is 0 Å². The van der Waals surface area contributed by atoms with E-state index in [4.69, 9.17) is 4.74 Å². The van der Waals surface area contributed by atoms with Gasteiger partial charge in [-0.05, 0) is 51.3 Å². The van der Waals surface area contributed by atoms with E-state index in [0.717, 1.165) is 26.2 Å². The minimum Gasteiger partial charge on any atom is -0.378 e. The number of hydrogen-bond acceptors (Lipinski definition) is 3. The van der Waals surface area contributed by atoms with E-state index in [2.05, 4.69) is 47.9 Å². The average molecular weight is 288 g/mol. The maximum Gasteiger partial charge on any atom is 0.0604 e. The maximum atomic E-state index is 5.66. The van der Waals surface area contributed by atoms with Crippen LogP contribution in [0.3, 0.4) is 0 Å². The van der Waals surface area contributed by atoms with E-state index in [1.807, 2.05) is 0 Å². The molecule has 1 aromatic carbocycles. The third kappa shape index (κ3) is 3.47. The zero-order valence-electron chi connectivity index (χ0n) is 13.1. The van der Waals surface area contributed by atoms with Gasteiger partial charge in [-0.3, -0.25) is 0 Å². The van der Waals surface area contributed by atoms with Crippen molar-refractivity contribution in [2.75, 3.05) is 26.2 Å². The second kappa shape index (κ2) is 6.91. The van der Waals surface area contributed by atoms with E-state index in [-0.39, 0.29) is 0 Å². The Morgan fingerprint density at radius 1 is 1.19 bits per heavy atom. The minimum absolute atomic E-state index is 0.309. The Labute approximate surface area is 128 Å². The van der Waals surface area contributed by atoms with E-state index in [1.54, 1.807) is 0 Å². The Kier molecular flexibility index (Phi) is 4.94. The SMILES string of the molecule is CCOC1CC(NCC2(c3ccccc3)CCNCC2)C1. The fourth-order valence-corrected chi connectivity index (χ4v) is 3.71. The molecule has 3 rings (SSSR count). The first-order valence-corrected chi connectivity index (χ1v) is 8.44. The molecule has 1 aliphatic heterocycles. The van der Waals surface area contributed by atoms with Crippen molar-refractivity contribution in [3.8, 4) is 0 Å². The highest BCUT2D eigenvalue weighted by Gasteiger charge is 2.36. The Balaban J connectivity index is 1.59. The van der Waals surface area contributed by atoms with Crippen molar-refractivity contribution in [3.05, 3.63) is 35.9 Å². The number of benzene rings is 1. The molecule has 2 aliphatic rings. The predicted molar refractivity (Wildman–Crippen MR) is 86.7 cm³/mol. The largest absolute Gasteiger partial charge is 0.378 e. The van der Waals surface area contributed by atoms with Crippen LogP contribution in [0.1, 0.15) is 38.2 Å². The lowest BCUT2D eigenvalue weighted by Crippen LogP contribution is -2.52. The van der Waals surface area contributed by atoms with Gasteiger partial charge in [-0.25, -0.2) is 0 Å². The summed E-state index contributed by atoms with van der Waals surface area (Å²) in [7, 11) is 0. The highest BCUT2D eigenvalue weighted by atomic mass is 16.5. The maximum absolute atomic E-state index is 5.66. The summed E-state index contributed by atoms with van der Waals surface area (Å²) in [6, 6.07) is 11.7. The van der Waals surface area contributed by atoms with Gasteiger partial charge < -0.3 is 15.4 Å². The molecule has 1 aromatic rings. The van der Waals surface area contributed by atoms with Crippen molar-refractivity contribution in [3.63, 3.8) is 0 Å². The standard InChI is InChI=1S/C18H28N2O/c1-2-21-17-12-16(13-17)20-14-18(8-10-19-11-9-18)15-6-4-3-5-7-15/h3-7,16-17,19-20H,2,8-14H2,1H3. The van der Waals surface area contributed by atoms with Crippen molar-refractivity contribution in [1.29, 1.82) is 0 Å². The number of hydrogen-bond donors (Lipinski definition) is 2. The fraction of sp³-hybridized carbons (Fsp3) is 0.667. The molecule has 0 radical (unpaired) electrons. The molecule has 1 saturated carbocycles.